The third kappa shape index (κ3) is 3.65. The number of fused-ring (bicyclic) bond motifs is 2. The molecule has 2 aliphatic rings. The first-order chi connectivity index (χ1) is 16.9. The average molecular weight is 469 g/mol. The summed E-state index contributed by atoms with van der Waals surface area (Å²) in [5, 5.41) is 9.92. The van der Waals surface area contributed by atoms with Gasteiger partial charge in [-0.2, -0.15) is 4.98 Å². The number of nitrogens with two attached hydrogens (primary N) is 2. The van der Waals surface area contributed by atoms with E-state index in [-0.39, 0.29) is 17.6 Å². The number of nitrogens with zero attached hydrogens (tertiary/aromatic N) is 4. The molecule has 1 aliphatic carbocycles. The van der Waals surface area contributed by atoms with E-state index in [0.717, 1.165) is 53.7 Å². The van der Waals surface area contributed by atoms with E-state index in [9.17, 15) is 14.7 Å². The van der Waals surface area contributed by atoms with Crippen LogP contribution in [0.15, 0.2) is 53.6 Å². The number of aromatic nitrogens is 3. The third-order valence-corrected chi connectivity index (χ3v) is 6.89. The van der Waals surface area contributed by atoms with Gasteiger partial charge in [-0.1, -0.05) is 12.1 Å². The second kappa shape index (κ2) is 7.83. The number of carboxylic acid groups (broad SMARTS) is 1. The summed E-state index contributed by atoms with van der Waals surface area (Å²) in [6, 6.07) is 12.3. The van der Waals surface area contributed by atoms with Gasteiger partial charge in [-0.05, 0) is 60.2 Å². The first-order valence-electron chi connectivity index (χ1n) is 11.6. The van der Waals surface area contributed by atoms with Crippen molar-refractivity contribution in [3.8, 4) is 11.1 Å². The van der Waals surface area contributed by atoms with Gasteiger partial charge in [0.2, 0.25) is 11.4 Å². The fourth-order valence-electron chi connectivity index (χ4n) is 4.91. The number of rotatable bonds is 5. The van der Waals surface area contributed by atoms with Crippen molar-refractivity contribution in [2.75, 3.05) is 22.9 Å². The minimum atomic E-state index is -1.19. The Morgan fingerprint density at radius 2 is 1.89 bits per heavy atom. The van der Waals surface area contributed by atoms with Crippen LogP contribution in [-0.2, 0) is 13.0 Å². The van der Waals surface area contributed by atoms with Gasteiger partial charge < -0.3 is 26.0 Å². The summed E-state index contributed by atoms with van der Waals surface area (Å²) in [5.74, 6) is -0.628. The highest BCUT2D eigenvalue weighted by Crippen LogP contribution is 2.38. The summed E-state index contributed by atoms with van der Waals surface area (Å²) in [4.78, 5) is 34.7. The molecule has 0 spiro atoms. The van der Waals surface area contributed by atoms with Crippen LogP contribution in [0.2, 0.25) is 0 Å². The smallest absolute Gasteiger partial charge is 0.341 e. The van der Waals surface area contributed by atoms with E-state index in [2.05, 4.69) is 33.1 Å². The topological polar surface area (TPSA) is 140 Å². The Kier molecular flexibility index (Phi) is 4.73. The first-order valence-corrected chi connectivity index (χ1v) is 11.6. The van der Waals surface area contributed by atoms with Crippen molar-refractivity contribution < 1.29 is 9.90 Å². The van der Waals surface area contributed by atoms with Crippen LogP contribution in [0.25, 0.3) is 22.0 Å². The lowest BCUT2D eigenvalue weighted by molar-refractivity contribution is 0.0695. The number of carboxylic acids is 1. The van der Waals surface area contributed by atoms with Gasteiger partial charge in [-0.15, -0.1) is 0 Å². The molecule has 0 atom stereocenters. The van der Waals surface area contributed by atoms with Gasteiger partial charge in [-0.25, -0.2) is 9.78 Å². The number of carbonyl (C=O) groups is 1. The van der Waals surface area contributed by atoms with Crippen LogP contribution in [0.5, 0.6) is 0 Å². The molecule has 1 fully saturated rings. The number of aromatic carboxylic acids is 1. The first kappa shape index (κ1) is 21.2. The van der Waals surface area contributed by atoms with Crippen molar-refractivity contribution >= 4 is 34.3 Å². The molecule has 1 saturated carbocycles. The SMILES string of the molecule is Nc1ncc(CN2CCc3cc(-c4ccc5c(=O)c(C(=O)O)cn(C6CC6)c5c4)ccc32)c(N)n1. The van der Waals surface area contributed by atoms with Crippen LogP contribution in [0.1, 0.15) is 40.4 Å². The van der Waals surface area contributed by atoms with Crippen molar-refractivity contribution in [3.05, 3.63) is 75.7 Å². The highest BCUT2D eigenvalue weighted by Gasteiger charge is 2.27. The molecule has 0 bridgehead atoms. The Balaban J connectivity index is 1.36. The van der Waals surface area contributed by atoms with E-state index in [1.165, 1.54) is 11.8 Å². The standard InChI is InChI=1S/C26H24N6O3/c27-24-17(11-29-26(28)30-24)12-31-8-7-16-9-14(2-6-21(16)31)15-1-5-19-22(10-15)32(18-3-4-18)13-20(23(19)33)25(34)35/h1-2,5-6,9-11,13,18H,3-4,7-8,12H2,(H,34,35)(H4,27,28,29,30). The van der Waals surface area contributed by atoms with Crippen molar-refractivity contribution in [1.29, 1.82) is 0 Å². The molecular weight excluding hydrogens is 444 g/mol. The third-order valence-electron chi connectivity index (χ3n) is 6.89. The van der Waals surface area contributed by atoms with E-state index in [1.54, 1.807) is 12.3 Å². The van der Waals surface area contributed by atoms with Crippen molar-refractivity contribution in [2.45, 2.75) is 31.8 Å². The average Bonchev–Trinajstić information content (AvgIpc) is 3.61. The number of hydrogen-bond donors (Lipinski definition) is 3. The van der Waals surface area contributed by atoms with Gasteiger partial charge in [0, 0.05) is 48.2 Å². The minimum Gasteiger partial charge on any atom is -0.477 e. The van der Waals surface area contributed by atoms with Crippen LogP contribution in [0.4, 0.5) is 17.5 Å². The van der Waals surface area contributed by atoms with Gasteiger partial charge in [0.1, 0.15) is 11.4 Å². The lowest BCUT2D eigenvalue weighted by Crippen LogP contribution is -2.21. The second-order valence-corrected chi connectivity index (χ2v) is 9.20. The van der Waals surface area contributed by atoms with Crippen molar-refractivity contribution in [1.82, 2.24) is 14.5 Å². The highest BCUT2D eigenvalue weighted by atomic mass is 16.4. The molecule has 6 rings (SSSR count). The molecule has 0 saturated heterocycles. The molecule has 9 nitrogen and oxygen atoms in total. The summed E-state index contributed by atoms with van der Waals surface area (Å²) in [5.41, 5.74) is 17.1. The Hall–Kier alpha value is -4.40. The number of benzene rings is 2. The molecule has 35 heavy (non-hydrogen) atoms. The predicted octanol–water partition coefficient (Wildman–Crippen LogP) is 3.22. The Morgan fingerprint density at radius 3 is 2.63 bits per heavy atom. The maximum absolute atomic E-state index is 12.8. The van der Waals surface area contributed by atoms with Gasteiger partial charge in [0.25, 0.3) is 0 Å². The zero-order valence-corrected chi connectivity index (χ0v) is 18.9. The van der Waals surface area contributed by atoms with E-state index >= 15 is 0 Å². The Bertz CT molecular complexity index is 1570. The van der Waals surface area contributed by atoms with Gasteiger partial charge in [-0.3, -0.25) is 4.79 Å². The highest BCUT2D eigenvalue weighted by molar-refractivity contribution is 5.94. The quantitative estimate of drug-likeness (QED) is 0.406. The zero-order chi connectivity index (χ0) is 24.3. The number of pyridine rings is 1. The summed E-state index contributed by atoms with van der Waals surface area (Å²) in [6.07, 6.45) is 6.05. The van der Waals surface area contributed by atoms with E-state index in [4.69, 9.17) is 11.5 Å². The normalized spacial score (nSPS) is 14.9. The molecule has 2 aromatic heterocycles. The molecule has 1 aliphatic heterocycles. The van der Waals surface area contributed by atoms with Crippen LogP contribution in [-0.4, -0.2) is 32.2 Å². The summed E-state index contributed by atoms with van der Waals surface area (Å²) in [7, 11) is 0. The van der Waals surface area contributed by atoms with Gasteiger partial charge >= 0.3 is 5.97 Å². The Labute approximate surface area is 200 Å². The van der Waals surface area contributed by atoms with Crippen molar-refractivity contribution in [2.24, 2.45) is 0 Å². The maximum atomic E-state index is 12.8. The molecule has 9 heteroatoms. The summed E-state index contributed by atoms with van der Waals surface area (Å²) >= 11 is 0. The molecule has 4 aromatic rings. The molecule has 2 aromatic carbocycles. The van der Waals surface area contributed by atoms with Gasteiger partial charge in [0.15, 0.2) is 0 Å². The molecule has 3 heterocycles. The maximum Gasteiger partial charge on any atom is 0.341 e. The van der Waals surface area contributed by atoms with Crippen LogP contribution < -0.4 is 21.8 Å². The lowest BCUT2D eigenvalue weighted by Gasteiger charge is -2.20. The van der Waals surface area contributed by atoms with Crippen LogP contribution >= 0.6 is 0 Å². The fourth-order valence-corrected chi connectivity index (χ4v) is 4.91. The summed E-state index contributed by atoms with van der Waals surface area (Å²) in [6.45, 7) is 1.47. The summed E-state index contributed by atoms with van der Waals surface area (Å²) < 4.78 is 1.96. The van der Waals surface area contributed by atoms with Crippen molar-refractivity contribution in [3.63, 3.8) is 0 Å². The minimum absolute atomic E-state index is 0.166. The largest absolute Gasteiger partial charge is 0.477 e. The molecule has 0 unspecified atom stereocenters. The monoisotopic (exact) mass is 468 g/mol. The number of anilines is 3. The number of hydrogen-bond acceptors (Lipinski definition) is 7. The van der Waals surface area contributed by atoms with Crippen LogP contribution in [0.3, 0.4) is 0 Å². The molecular formula is C26H24N6O3. The van der Waals surface area contributed by atoms with Crippen LogP contribution in [0, 0.1) is 0 Å². The molecule has 0 radical (unpaired) electrons. The number of nitrogen functional groups attached to an aromatic ring is 2. The molecule has 5 N–H and O–H groups in total. The second-order valence-electron chi connectivity index (χ2n) is 9.20. The van der Waals surface area contributed by atoms with Gasteiger partial charge in [0.05, 0.1) is 5.52 Å². The fraction of sp³-hybridized carbons (Fsp3) is 0.231. The lowest BCUT2D eigenvalue weighted by atomic mass is 9.99. The zero-order valence-electron chi connectivity index (χ0n) is 18.9. The van der Waals surface area contributed by atoms with E-state index in [0.29, 0.717) is 17.7 Å². The molecule has 176 valence electrons. The Morgan fingerprint density at radius 1 is 1.11 bits per heavy atom. The predicted molar refractivity (Wildman–Crippen MR) is 134 cm³/mol. The molecule has 0 amide bonds. The van der Waals surface area contributed by atoms with E-state index < -0.39 is 11.4 Å². The van der Waals surface area contributed by atoms with E-state index in [1.807, 2.05) is 16.7 Å².